The number of likely N-dealkylation sites (tertiary alicyclic amines) is 2. The summed E-state index contributed by atoms with van der Waals surface area (Å²) in [4.78, 5) is 16.6. The highest BCUT2D eigenvalue weighted by atomic mass is 16.2. The van der Waals surface area contributed by atoms with Crippen molar-refractivity contribution in [3.05, 3.63) is 0 Å². The fourth-order valence-electron chi connectivity index (χ4n) is 2.93. The van der Waals surface area contributed by atoms with Crippen LogP contribution in [-0.4, -0.2) is 61.0 Å². The summed E-state index contributed by atoms with van der Waals surface area (Å²) >= 11 is 0. The van der Waals surface area contributed by atoms with Crippen molar-refractivity contribution in [1.29, 1.82) is 0 Å². The Kier molecular flexibility index (Phi) is 5.45. The lowest BCUT2D eigenvalue weighted by Crippen LogP contribution is -2.44. The molecule has 0 aromatic rings. The summed E-state index contributed by atoms with van der Waals surface area (Å²) in [7, 11) is 0. The maximum Gasteiger partial charge on any atom is 0.239 e. The first-order valence-corrected chi connectivity index (χ1v) is 7.52. The van der Waals surface area contributed by atoms with Gasteiger partial charge in [0, 0.05) is 13.1 Å². The Labute approximate surface area is 111 Å². The minimum absolute atomic E-state index is 0.0123. The van der Waals surface area contributed by atoms with Crippen molar-refractivity contribution in [2.24, 2.45) is 0 Å². The predicted octanol–water partition coefficient (Wildman–Crippen LogP) is 1.07. The average molecular weight is 253 g/mol. The lowest BCUT2D eigenvalue weighted by molar-refractivity contribution is -0.131. The minimum atomic E-state index is -0.0123. The molecule has 0 radical (unpaired) electrons. The zero-order valence-corrected chi connectivity index (χ0v) is 11.7. The molecule has 1 N–H and O–H groups in total. The molecule has 2 heterocycles. The summed E-state index contributed by atoms with van der Waals surface area (Å²) in [6.07, 6.45) is 6.22. The molecule has 0 aliphatic carbocycles. The van der Waals surface area contributed by atoms with Crippen molar-refractivity contribution in [2.45, 2.75) is 45.1 Å². The van der Waals surface area contributed by atoms with Gasteiger partial charge in [-0.1, -0.05) is 0 Å². The van der Waals surface area contributed by atoms with Crippen molar-refractivity contribution < 1.29 is 4.79 Å². The number of hydrogen-bond donors (Lipinski definition) is 1. The predicted molar refractivity (Wildman–Crippen MR) is 73.6 cm³/mol. The molecule has 0 spiro atoms. The second kappa shape index (κ2) is 7.10. The molecule has 2 aliphatic heterocycles. The Bertz CT molecular complexity index is 258. The summed E-state index contributed by atoms with van der Waals surface area (Å²) < 4.78 is 0. The van der Waals surface area contributed by atoms with Gasteiger partial charge in [0.15, 0.2) is 0 Å². The van der Waals surface area contributed by atoms with Crippen LogP contribution < -0.4 is 5.32 Å². The van der Waals surface area contributed by atoms with Crippen LogP contribution in [0.3, 0.4) is 0 Å². The van der Waals surface area contributed by atoms with Crippen molar-refractivity contribution in [3.63, 3.8) is 0 Å². The van der Waals surface area contributed by atoms with Gasteiger partial charge in [-0.15, -0.1) is 0 Å². The zero-order chi connectivity index (χ0) is 12.8. The molecule has 0 bridgehead atoms. The Morgan fingerprint density at radius 3 is 2.39 bits per heavy atom. The Morgan fingerprint density at radius 1 is 1.11 bits per heavy atom. The number of nitrogens with zero attached hydrogens (tertiary/aromatic N) is 2. The molecule has 2 rings (SSSR count). The van der Waals surface area contributed by atoms with Gasteiger partial charge in [-0.05, 0) is 65.2 Å². The summed E-state index contributed by atoms with van der Waals surface area (Å²) in [6, 6.07) is -0.0123. The molecule has 18 heavy (non-hydrogen) atoms. The highest BCUT2D eigenvalue weighted by Crippen LogP contribution is 2.09. The molecule has 0 aromatic carbocycles. The number of carbonyl (C=O) groups is 1. The van der Waals surface area contributed by atoms with Gasteiger partial charge in [0.1, 0.15) is 0 Å². The SMILES string of the molecule is CC(NCCCN1CCCC1)C(=O)N1CCCC1. The van der Waals surface area contributed by atoms with E-state index in [1.54, 1.807) is 0 Å². The summed E-state index contributed by atoms with van der Waals surface area (Å²) in [5, 5.41) is 3.37. The Hall–Kier alpha value is -0.610. The second-order valence-corrected chi connectivity index (χ2v) is 5.61. The molecule has 1 atom stereocenters. The number of nitrogens with one attached hydrogen (secondary N) is 1. The van der Waals surface area contributed by atoms with E-state index in [9.17, 15) is 4.79 Å². The molecule has 1 unspecified atom stereocenters. The van der Waals surface area contributed by atoms with E-state index < -0.39 is 0 Å². The van der Waals surface area contributed by atoms with Gasteiger partial charge < -0.3 is 15.1 Å². The van der Waals surface area contributed by atoms with E-state index in [0.29, 0.717) is 0 Å². The molecule has 2 aliphatic rings. The van der Waals surface area contributed by atoms with Crippen LogP contribution in [0.5, 0.6) is 0 Å². The normalized spacial score (nSPS) is 22.6. The number of amides is 1. The number of carbonyl (C=O) groups excluding carboxylic acids is 1. The molecule has 2 saturated heterocycles. The second-order valence-electron chi connectivity index (χ2n) is 5.61. The maximum atomic E-state index is 12.0. The first-order valence-electron chi connectivity index (χ1n) is 7.52. The van der Waals surface area contributed by atoms with Gasteiger partial charge in [0.2, 0.25) is 5.91 Å². The Morgan fingerprint density at radius 2 is 1.72 bits per heavy atom. The largest absolute Gasteiger partial charge is 0.341 e. The van der Waals surface area contributed by atoms with Crippen molar-refractivity contribution in [1.82, 2.24) is 15.1 Å². The number of rotatable bonds is 6. The van der Waals surface area contributed by atoms with Gasteiger partial charge in [0.05, 0.1) is 6.04 Å². The lowest BCUT2D eigenvalue weighted by atomic mass is 10.2. The van der Waals surface area contributed by atoms with E-state index in [4.69, 9.17) is 0 Å². The molecule has 4 nitrogen and oxygen atoms in total. The van der Waals surface area contributed by atoms with Crippen LogP contribution in [0, 0.1) is 0 Å². The van der Waals surface area contributed by atoms with Gasteiger partial charge in [0.25, 0.3) is 0 Å². The van der Waals surface area contributed by atoms with Gasteiger partial charge in [-0.25, -0.2) is 0 Å². The van der Waals surface area contributed by atoms with Crippen molar-refractivity contribution in [3.8, 4) is 0 Å². The molecule has 2 fully saturated rings. The summed E-state index contributed by atoms with van der Waals surface area (Å²) in [5.41, 5.74) is 0. The van der Waals surface area contributed by atoms with Gasteiger partial charge in [-0.3, -0.25) is 4.79 Å². The molecule has 104 valence electrons. The van der Waals surface area contributed by atoms with E-state index in [1.807, 2.05) is 11.8 Å². The minimum Gasteiger partial charge on any atom is -0.341 e. The van der Waals surface area contributed by atoms with Crippen molar-refractivity contribution in [2.75, 3.05) is 39.3 Å². The van der Waals surface area contributed by atoms with E-state index >= 15 is 0 Å². The first-order chi connectivity index (χ1) is 8.77. The maximum absolute atomic E-state index is 12.0. The average Bonchev–Trinajstić information content (AvgIpc) is 3.05. The van der Waals surface area contributed by atoms with Crippen LogP contribution in [-0.2, 0) is 4.79 Å². The fourth-order valence-corrected chi connectivity index (χ4v) is 2.93. The first kappa shape index (κ1) is 13.8. The molecule has 4 heteroatoms. The molecular formula is C14H27N3O. The standard InChI is InChI=1S/C14H27N3O/c1-13(14(18)17-11-4-5-12-17)15-7-6-10-16-8-2-3-9-16/h13,15H,2-12H2,1H3. The summed E-state index contributed by atoms with van der Waals surface area (Å²) in [5.74, 6) is 0.286. The van der Waals surface area contributed by atoms with E-state index in [0.717, 1.165) is 26.1 Å². The molecule has 1 amide bonds. The monoisotopic (exact) mass is 253 g/mol. The molecular weight excluding hydrogens is 226 g/mol. The van der Waals surface area contributed by atoms with E-state index in [1.165, 1.54) is 45.3 Å². The third-order valence-corrected chi connectivity index (χ3v) is 4.09. The van der Waals surface area contributed by atoms with Crippen molar-refractivity contribution >= 4 is 5.91 Å². The Balaban J connectivity index is 1.56. The van der Waals surface area contributed by atoms with Crippen LogP contribution in [0.1, 0.15) is 39.0 Å². The topological polar surface area (TPSA) is 35.6 Å². The smallest absolute Gasteiger partial charge is 0.239 e. The third kappa shape index (κ3) is 3.95. The van der Waals surface area contributed by atoms with Crippen LogP contribution in [0.25, 0.3) is 0 Å². The molecule has 0 aromatic heterocycles. The highest BCUT2D eigenvalue weighted by molar-refractivity contribution is 5.81. The van der Waals surface area contributed by atoms with Crippen LogP contribution >= 0.6 is 0 Å². The zero-order valence-electron chi connectivity index (χ0n) is 11.7. The van der Waals surface area contributed by atoms with E-state index in [-0.39, 0.29) is 11.9 Å². The van der Waals surface area contributed by atoms with Gasteiger partial charge >= 0.3 is 0 Å². The summed E-state index contributed by atoms with van der Waals surface area (Å²) in [6.45, 7) is 8.58. The van der Waals surface area contributed by atoms with Gasteiger partial charge in [-0.2, -0.15) is 0 Å². The van der Waals surface area contributed by atoms with Crippen LogP contribution in [0.2, 0.25) is 0 Å². The lowest BCUT2D eigenvalue weighted by Gasteiger charge is -2.21. The molecule has 0 saturated carbocycles. The third-order valence-electron chi connectivity index (χ3n) is 4.09. The fraction of sp³-hybridized carbons (Fsp3) is 0.929. The van der Waals surface area contributed by atoms with Crippen LogP contribution in [0.15, 0.2) is 0 Å². The quantitative estimate of drug-likeness (QED) is 0.719. The van der Waals surface area contributed by atoms with Crippen LogP contribution in [0.4, 0.5) is 0 Å². The van der Waals surface area contributed by atoms with E-state index in [2.05, 4.69) is 10.2 Å². The highest BCUT2D eigenvalue weighted by Gasteiger charge is 2.22. The number of hydrogen-bond acceptors (Lipinski definition) is 3.